The Morgan fingerprint density at radius 1 is 1.29 bits per heavy atom. The van der Waals surface area contributed by atoms with Gasteiger partial charge in [0, 0.05) is 6.54 Å². The highest BCUT2D eigenvalue weighted by Crippen LogP contribution is 2.21. The van der Waals surface area contributed by atoms with E-state index in [1.165, 1.54) is 0 Å². The van der Waals surface area contributed by atoms with Gasteiger partial charge in [-0.3, -0.25) is 5.32 Å². The molecule has 0 fully saturated rings. The maximum Gasteiger partial charge on any atom is 0.145 e. The summed E-state index contributed by atoms with van der Waals surface area (Å²) in [4.78, 5) is 2.04. The van der Waals surface area contributed by atoms with Crippen LogP contribution in [-0.4, -0.2) is 32.1 Å². The molecule has 0 aliphatic heterocycles. The molecule has 0 heterocycles. The van der Waals surface area contributed by atoms with Crippen LogP contribution in [0, 0.1) is 11.3 Å². The second kappa shape index (κ2) is 6.39. The Morgan fingerprint density at radius 2 is 1.94 bits per heavy atom. The highest BCUT2D eigenvalue weighted by Gasteiger charge is 2.31. The maximum atomic E-state index is 9.57. The normalized spacial score (nSPS) is 14.3. The highest BCUT2D eigenvalue weighted by atomic mass is 15.1. The van der Waals surface area contributed by atoms with Gasteiger partial charge in [0.05, 0.1) is 6.07 Å². The van der Waals surface area contributed by atoms with E-state index in [2.05, 4.69) is 18.3 Å². The minimum atomic E-state index is -0.610. The van der Waals surface area contributed by atoms with Crippen LogP contribution in [0.1, 0.15) is 18.9 Å². The fraction of sp³-hybridized carbons (Fsp3) is 0.500. The predicted molar refractivity (Wildman–Crippen MR) is 70.6 cm³/mol. The van der Waals surface area contributed by atoms with Crippen molar-refractivity contribution in [3.63, 3.8) is 0 Å². The van der Waals surface area contributed by atoms with E-state index in [1.54, 1.807) is 0 Å². The molecule has 0 saturated carbocycles. The Labute approximate surface area is 104 Å². The average Bonchev–Trinajstić information content (AvgIpc) is 2.35. The number of rotatable bonds is 6. The molecule has 0 aliphatic carbocycles. The molecule has 0 aliphatic rings. The second-order valence-electron chi connectivity index (χ2n) is 4.55. The molecule has 1 atom stereocenters. The molecule has 0 saturated heterocycles. The van der Waals surface area contributed by atoms with E-state index < -0.39 is 5.54 Å². The first-order chi connectivity index (χ1) is 8.14. The standard InChI is InChI=1S/C14H21N3/c1-4-10-16-14(11-15,12-17(2)3)13-8-6-5-7-9-13/h5-9,16H,4,10,12H2,1-3H3. The highest BCUT2D eigenvalue weighted by molar-refractivity contribution is 5.32. The predicted octanol–water partition coefficient (Wildman–Crippen LogP) is 1.97. The summed E-state index contributed by atoms with van der Waals surface area (Å²) in [5, 5.41) is 12.9. The Hall–Kier alpha value is -1.37. The van der Waals surface area contributed by atoms with Crippen molar-refractivity contribution in [1.82, 2.24) is 10.2 Å². The first kappa shape index (κ1) is 13.7. The van der Waals surface area contributed by atoms with Crippen molar-refractivity contribution in [2.24, 2.45) is 0 Å². The minimum Gasteiger partial charge on any atom is -0.306 e. The Balaban J connectivity index is 3.03. The van der Waals surface area contributed by atoms with Gasteiger partial charge in [-0.15, -0.1) is 0 Å². The molecule has 0 bridgehead atoms. The molecule has 92 valence electrons. The van der Waals surface area contributed by atoms with E-state index in [1.807, 2.05) is 49.3 Å². The molecular formula is C14H21N3. The van der Waals surface area contributed by atoms with Crippen molar-refractivity contribution in [2.45, 2.75) is 18.9 Å². The van der Waals surface area contributed by atoms with Crippen LogP contribution in [0.4, 0.5) is 0 Å². The number of nitrogens with zero attached hydrogens (tertiary/aromatic N) is 2. The van der Waals surface area contributed by atoms with Crippen LogP contribution in [0.2, 0.25) is 0 Å². The SMILES string of the molecule is CCCNC(C#N)(CN(C)C)c1ccccc1. The zero-order valence-corrected chi connectivity index (χ0v) is 10.9. The molecule has 0 amide bonds. The summed E-state index contributed by atoms with van der Waals surface area (Å²) < 4.78 is 0. The Kier molecular flexibility index (Phi) is 5.14. The summed E-state index contributed by atoms with van der Waals surface area (Å²) in [5.41, 5.74) is 0.422. The quantitative estimate of drug-likeness (QED) is 0.813. The number of likely N-dealkylation sites (N-methyl/N-ethyl adjacent to an activating group) is 1. The van der Waals surface area contributed by atoms with Gasteiger partial charge in [-0.2, -0.15) is 5.26 Å². The molecule has 1 aromatic rings. The summed E-state index contributed by atoms with van der Waals surface area (Å²) in [6.45, 7) is 3.62. The van der Waals surface area contributed by atoms with Crippen LogP contribution in [0.5, 0.6) is 0 Å². The van der Waals surface area contributed by atoms with Gasteiger partial charge in [-0.25, -0.2) is 0 Å². The lowest BCUT2D eigenvalue weighted by atomic mass is 9.90. The van der Waals surface area contributed by atoms with Crippen LogP contribution >= 0.6 is 0 Å². The van der Waals surface area contributed by atoms with Gasteiger partial charge in [-0.1, -0.05) is 37.3 Å². The Morgan fingerprint density at radius 3 is 2.41 bits per heavy atom. The van der Waals surface area contributed by atoms with Gasteiger partial charge >= 0.3 is 0 Å². The van der Waals surface area contributed by atoms with Crippen molar-refractivity contribution in [1.29, 1.82) is 5.26 Å². The fourth-order valence-electron chi connectivity index (χ4n) is 1.92. The summed E-state index contributed by atoms with van der Waals surface area (Å²) in [5.74, 6) is 0. The topological polar surface area (TPSA) is 39.1 Å². The third-order valence-corrected chi connectivity index (χ3v) is 2.69. The first-order valence-electron chi connectivity index (χ1n) is 6.01. The van der Waals surface area contributed by atoms with E-state index in [9.17, 15) is 5.26 Å². The van der Waals surface area contributed by atoms with Crippen molar-refractivity contribution >= 4 is 0 Å². The Bertz CT molecular complexity index is 367. The number of nitriles is 1. The molecule has 1 rings (SSSR count). The number of hydrogen-bond acceptors (Lipinski definition) is 3. The van der Waals surface area contributed by atoms with E-state index in [-0.39, 0.29) is 0 Å². The van der Waals surface area contributed by atoms with Crippen LogP contribution in [0.3, 0.4) is 0 Å². The molecule has 1 aromatic carbocycles. The number of nitrogens with one attached hydrogen (secondary N) is 1. The van der Waals surface area contributed by atoms with Crippen LogP contribution in [0.15, 0.2) is 30.3 Å². The number of hydrogen-bond donors (Lipinski definition) is 1. The molecular weight excluding hydrogens is 210 g/mol. The first-order valence-corrected chi connectivity index (χ1v) is 6.01. The van der Waals surface area contributed by atoms with Gasteiger partial charge in [0.1, 0.15) is 5.54 Å². The third kappa shape index (κ3) is 3.55. The van der Waals surface area contributed by atoms with E-state index in [4.69, 9.17) is 0 Å². The summed E-state index contributed by atoms with van der Waals surface area (Å²) in [6, 6.07) is 12.4. The molecule has 0 radical (unpaired) electrons. The monoisotopic (exact) mass is 231 g/mol. The molecule has 1 unspecified atom stereocenters. The van der Waals surface area contributed by atoms with Crippen LogP contribution < -0.4 is 5.32 Å². The lowest BCUT2D eigenvalue weighted by molar-refractivity contribution is 0.288. The molecule has 1 N–H and O–H groups in total. The summed E-state index contributed by atoms with van der Waals surface area (Å²) >= 11 is 0. The number of benzene rings is 1. The molecule has 0 spiro atoms. The van der Waals surface area contributed by atoms with Gasteiger partial charge in [-0.05, 0) is 32.6 Å². The van der Waals surface area contributed by atoms with E-state index in [0.717, 1.165) is 18.5 Å². The molecule has 3 heteroatoms. The van der Waals surface area contributed by atoms with E-state index >= 15 is 0 Å². The lowest BCUT2D eigenvalue weighted by Gasteiger charge is -2.31. The zero-order chi connectivity index (χ0) is 12.7. The summed E-state index contributed by atoms with van der Waals surface area (Å²) in [6.07, 6.45) is 1.02. The summed E-state index contributed by atoms with van der Waals surface area (Å²) in [7, 11) is 3.98. The zero-order valence-electron chi connectivity index (χ0n) is 10.9. The second-order valence-corrected chi connectivity index (χ2v) is 4.55. The molecule has 3 nitrogen and oxygen atoms in total. The van der Waals surface area contributed by atoms with E-state index in [0.29, 0.717) is 6.54 Å². The fourth-order valence-corrected chi connectivity index (χ4v) is 1.92. The maximum absolute atomic E-state index is 9.57. The largest absolute Gasteiger partial charge is 0.306 e. The lowest BCUT2D eigenvalue weighted by Crippen LogP contribution is -2.48. The average molecular weight is 231 g/mol. The van der Waals surface area contributed by atoms with Crippen LogP contribution in [-0.2, 0) is 5.54 Å². The van der Waals surface area contributed by atoms with Crippen molar-refractivity contribution < 1.29 is 0 Å². The van der Waals surface area contributed by atoms with Crippen molar-refractivity contribution in [3.8, 4) is 6.07 Å². The van der Waals surface area contributed by atoms with Gasteiger partial charge in [0.15, 0.2) is 0 Å². The molecule has 17 heavy (non-hydrogen) atoms. The molecule has 0 aromatic heterocycles. The van der Waals surface area contributed by atoms with Gasteiger partial charge in [0.25, 0.3) is 0 Å². The third-order valence-electron chi connectivity index (χ3n) is 2.69. The van der Waals surface area contributed by atoms with Crippen LogP contribution in [0.25, 0.3) is 0 Å². The van der Waals surface area contributed by atoms with Gasteiger partial charge < -0.3 is 4.90 Å². The van der Waals surface area contributed by atoms with Gasteiger partial charge in [0.2, 0.25) is 0 Å². The van der Waals surface area contributed by atoms with Crippen molar-refractivity contribution in [2.75, 3.05) is 27.2 Å². The van der Waals surface area contributed by atoms with Crippen molar-refractivity contribution in [3.05, 3.63) is 35.9 Å². The minimum absolute atomic E-state index is 0.610. The smallest absolute Gasteiger partial charge is 0.145 e.